The van der Waals surface area contributed by atoms with Gasteiger partial charge in [0.15, 0.2) is 0 Å². The van der Waals surface area contributed by atoms with Crippen LogP contribution in [0.1, 0.15) is 11.1 Å². The van der Waals surface area contributed by atoms with Crippen LogP contribution in [-0.2, 0) is 12.8 Å². The molecule has 1 N–H and O–H groups in total. The molecule has 94 valence electrons. The van der Waals surface area contributed by atoms with Crippen molar-refractivity contribution in [2.45, 2.75) is 18.9 Å². The number of pyridine rings is 1. The molecule has 0 aliphatic heterocycles. The molecule has 0 aliphatic carbocycles. The number of halogens is 2. The molecule has 2 rings (SSSR count). The maximum absolute atomic E-state index is 13.2. The van der Waals surface area contributed by atoms with Crippen LogP contribution in [0, 0.1) is 5.82 Å². The Kier molecular flexibility index (Phi) is 4.28. The second-order valence-corrected chi connectivity index (χ2v) is 4.51. The van der Waals surface area contributed by atoms with Crippen LogP contribution in [-0.4, -0.2) is 16.2 Å². The summed E-state index contributed by atoms with van der Waals surface area (Å²) in [5, 5.41) is 10.1. The largest absolute Gasteiger partial charge is 0.392 e. The first-order valence-electron chi connectivity index (χ1n) is 5.66. The van der Waals surface area contributed by atoms with E-state index in [9.17, 15) is 9.50 Å². The van der Waals surface area contributed by atoms with Gasteiger partial charge in [0.2, 0.25) is 0 Å². The zero-order valence-corrected chi connectivity index (χ0v) is 10.4. The standard InChI is InChI=1S/C14H13ClFNO/c15-14-11(2-1-3-13(14)16)9-12(18)8-10-4-6-17-7-5-10/h1-7,12,18H,8-9H2. The Labute approximate surface area is 110 Å². The maximum atomic E-state index is 13.2. The molecule has 0 bridgehead atoms. The lowest BCUT2D eigenvalue weighted by atomic mass is 10.0. The molecule has 0 spiro atoms. The summed E-state index contributed by atoms with van der Waals surface area (Å²) in [4.78, 5) is 3.91. The summed E-state index contributed by atoms with van der Waals surface area (Å²) in [6, 6.07) is 8.31. The van der Waals surface area contributed by atoms with Gasteiger partial charge in [-0.3, -0.25) is 4.98 Å². The molecule has 1 unspecified atom stereocenters. The first kappa shape index (κ1) is 13.0. The zero-order chi connectivity index (χ0) is 13.0. The molecular formula is C14H13ClFNO. The van der Waals surface area contributed by atoms with Gasteiger partial charge in [-0.2, -0.15) is 0 Å². The van der Waals surface area contributed by atoms with Crippen molar-refractivity contribution >= 4 is 11.6 Å². The van der Waals surface area contributed by atoms with E-state index in [0.29, 0.717) is 18.4 Å². The minimum atomic E-state index is -0.591. The highest BCUT2D eigenvalue weighted by molar-refractivity contribution is 6.31. The molecule has 1 atom stereocenters. The number of benzene rings is 1. The van der Waals surface area contributed by atoms with E-state index < -0.39 is 11.9 Å². The van der Waals surface area contributed by atoms with Gasteiger partial charge in [0.05, 0.1) is 11.1 Å². The molecule has 0 fully saturated rings. The molecule has 0 saturated heterocycles. The Morgan fingerprint density at radius 1 is 1.17 bits per heavy atom. The fourth-order valence-electron chi connectivity index (χ4n) is 1.82. The number of hydrogen-bond donors (Lipinski definition) is 1. The summed E-state index contributed by atoms with van der Waals surface area (Å²) in [6.07, 6.45) is 3.59. The molecule has 0 amide bonds. The van der Waals surface area contributed by atoms with Gasteiger partial charge in [-0.1, -0.05) is 23.7 Å². The third-order valence-corrected chi connectivity index (χ3v) is 3.13. The van der Waals surface area contributed by atoms with E-state index in [-0.39, 0.29) is 5.02 Å². The van der Waals surface area contributed by atoms with Gasteiger partial charge in [-0.05, 0) is 35.7 Å². The van der Waals surface area contributed by atoms with Gasteiger partial charge in [0.1, 0.15) is 5.82 Å². The van der Waals surface area contributed by atoms with Crippen molar-refractivity contribution < 1.29 is 9.50 Å². The van der Waals surface area contributed by atoms with E-state index in [2.05, 4.69) is 4.98 Å². The number of rotatable bonds is 4. The number of aliphatic hydroxyl groups is 1. The van der Waals surface area contributed by atoms with Gasteiger partial charge in [0, 0.05) is 18.8 Å². The Bertz CT molecular complexity index is 518. The molecule has 0 aliphatic rings. The second-order valence-electron chi connectivity index (χ2n) is 4.13. The summed E-state index contributed by atoms with van der Waals surface area (Å²) < 4.78 is 13.2. The average Bonchev–Trinajstić information content (AvgIpc) is 2.36. The van der Waals surface area contributed by atoms with Crippen molar-refractivity contribution in [3.05, 3.63) is 64.7 Å². The molecule has 4 heteroatoms. The number of aliphatic hydroxyl groups excluding tert-OH is 1. The van der Waals surface area contributed by atoms with E-state index in [1.165, 1.54) is 6.07 Å². The lowest BCUT2D eigenvalue weighted by molar-refractivity contribution is 0.175. The SMILES string of the molecule is OC(Cc1ccncc1)Cc1cccc(F)c1Cl. The predicted molar refractivity (Wildman–Crippen MR) is 69.1 cm³/mol. The smallest absolute Gasteiger partial charge is 0.142 e. The molecule has 18 heavy (non-hydrogen) atoms. The first-order valence-corrected chi connectivity index (χ1v) is 6.04. The van der Waals surface area contributed by atoms with E-state index >= 15 is 0 Å². The van der Waals surface area contributed by atoms with Crippen LogP contribution in [0.25, 0.3) is 0 Å². The second kappa shape index (κ2) is 5.94. The highest BCUT2D eigenvalue weighted by Crippen LogP contribution is 2.21. The minimum Gasteiger partial charge on any atom is -0.392 e. The highest BCUT2D eigenvalue weighted by Gasteiger charge is 2.11. The fraction of sp³-hybridized carbons (Fsp3) is 0.214. The lowest BCUT2D eigenvalue weighted by Gasteiger charge is -2.12. The Balaban J connectivity index is 2.03. The van der Waals surface area contributed by atoms with Crippen molar-refractivity contribution in [3.63, 3.8) is 0 Å². The van der Waals surface area contributed by atoms with Crippen LogP contribution in [0.5, 0.6) is 0 Å². The van der Waals surface area contributed by atoms with Gasteiger partial charge < -0.3 is 5.11 Å². The third-order valence-electron chi connectivity index (χ3n) is 2.71. The molecule has 0 radical (unpaired) electrons. The molecule has 1 heterocycles. The van der Waals surface area contributed by atoms with Gasteiger partial charge in [0.25, 0.3) is 0 Å². The summed E-state index contributed by atoms with van der Waals surface area (Å²) in [5.74, 6) is -0.453. The topological polar surface area (TPSA) is 33.1 Å². The molecule has 2 nitrogen and oxygen atoms in total. The molecule has 1 aromatic heterocycles. The molecular weight excluding hydrogens is 253 g/mol. The number of aromatic nitrogens is 1. The van der Waals surface area contributed by atoms with Crippen molar-refractivity contribution in [2.24, 2.45) is 0 Å². The highest BCUT2D eigenvalue weighted by atomic mass is 35.5. The Morgan fingerprint density at radius 2 is 1.89 bits per heavy atom. The average molecular weight is 266 g/mol. The first-order chi connectivity index (χ1) is 8.66. The monoisotopic (exact) mass is 265 g/mol. The molecule has 0 saturated carbocycles. The van der Waals surface area contributed by atoms with Crippen molar-refractivity contribution in [1.29, 1.82) is 0 Å². The summed E-state index contributed by atoms with van der Waals surface area (Å²) >= 11 is 5.84. The van der Waals surface area contributed by atoms with Gasteiger partial charge in [-0.25, -0.2) is 4.39 Å². The van der Waals surface area contributed by atoms with Crippen LogP contribution < -0.4 is 0 Å². The van der Waals surface area contributed by atoms with E-state index in [1.54, 1.807) is 24.5 Å². The Hall–Kier alpha value is -1.45. The normalized spacial score (nSPS) is 12.4. The lowest BCUT2D eigenvalue weighted by Crippen LogP contribution is -2.14. The van der Waals surface area contributed by atoms with Crippen molar-refractivity contribution in [2.75, 3.05) is 0 Å². The third kappa shape index (κ3) is 3.28. The Morgan fingerprint density at radius 3 is 2.61 bits per heavy atom. The minimum absolute atomic E-state index is 0.0891. The number of nitrogens with zero attached hydrogens (tertiary/aromatic N) is 1. The van der Waals surface area contributed by atoms with Crippen LogP contribution in [0.4, 0.5) is 4.39 Å². The van der Waals surface area contributed by atoms with Crippen LogP contribution in [0.2, 0.25) is 5.02 Å². The van der Waals surface area contributed by atoms with Crippen LogP contribution in [0.15, 0.2) is 42.7 Å². The summed E-state index contributed by atoms with van der Waals surface area (Å²) in [7, 11) is 0. The zero-order valence-electron chi connectivity index (χ0n) is 9.68. The molecule has 2 aromatic rings. The van der Waals surface area contributed by atoms with E-state index in [0.717, 1.165) is 5.56 Å². The maximum Gasteiger partial charge on any atom is 0.142 e. The quantitative estimate of drug-likeness (QED) is 0.922. The molecule has 1 aromatic carbocycles. The van der Waals surface area contributed by atoms with Crippen LogP contribution >= 0.6 is 11.6 Å². The number of hydrogen-bond acceptors (Lipinski definition) is 2. The van der Waals surface area contributed by atoms with Crippen molar-refractivity contribution in [3.8, 4) is 0 Å². The summed E-state index contributed by atoms with van der Waals surface area (Å²) in [5.41, 5.74) is 1.61. The van der Waals surface area contributed by atoms with E-state index in [4.69, 9.17) is 11.6 Å². The van der Waals surface area contributed by atoms with Crippen molar-refractivity contribution in [1.82, 2.24) is 4.98 Å². The summed E-state index contributed by atoms with van der Waals surface area (Å²) in [6.45, 7) is 0. The van der Waals surface area contributed by atoms with Gasteiger partial charge in [-0.15, -0.1) is 0 Å². The fourth-order valence-corrected chi connectivity index (χ4v) is 2.03. The predicted octanol–water partition coefficient (Wildman–Crippen LogP) is 3.02. The van der Waals surface area contributed by atoms with Gasteiger partial charge >= 0.3 is 0 Å². The van der Waals surface area contributed by atoms with E-state index in [1.807, 2.05) is 12.1 Å². The van der Waals surface area contributed by atoms with Crippen LogP contribution in [0.3, 0.4) is 0 Å².